The number of hydrogen-bond acceptors (Lipinski definition) is 1. The van der Waals surface area contributed by atoms with Gasteiger partial charge < -0.3 is 9.59 Å². The first kappa shape index (κ1) is 19.9. The van der Waals surface area contributed by atoms with Gasteiger partial charge in [-0.2, -0.15) is 0 Å². The number of hydrogen-bond donors (Lipinski definition) is 1. The molecule has 0 fully saturated rings. The first-order valence-electron chi connectivity index (χ1n) is 9.05. The van der Waals surface area contributed by atoms with Crippen LogP contribution in [0.5, 0.6) is 0 Å². The summed E-state index contributed by atoms with van der Waals surface area (Å²) in [7, 11) is 4.43. The molecule has 0 aliphatic heterocycles. The van der Waals surface area contributed by atoms with E-state index >= 15 is 0 Å². The Labute approximate surface area is 128 Å². The number of aliphatic hydroxyl groups is 1. The van der Waals surface area contributed by atoms with Crippen LogP contribution in [0.2, 0.25) is 0 Å². The second-order valence-electron chi connectivity index (χ2n) is 7.00. The van der Waals surface area contributed by atoms with Gasteiger partial charge in [-0.05, 0) is 12.8 Å². The van der Waals surface area contributed by atoms with Gasteiger partial charge in [0.05, 0.1) is 27.2 Å². The molecule has 0 amide bonds. The van der Waals surface area contributed by atoms with E-state index in [-0.39, 0.29) is 0 Å². The smallest absolute Gasteiger partial charge is 0.102 e. The molecule has 0 aliphatic rings. The number of unbranched alkanes of at least 4 members (excludes halogenated alkanes) is 11. The van der Waals surface area contributed by atoms with Gasteiger partial charge in [0.1, 0.15) is 6.54 Å². The molecule has 2 heteroatoms. The first-order chi connectivity index (χ1) is 9.62. The minimum absolute atomic E-state index is 0.311. The summed E-state index contributed by atoms with van der Waals surface area (Å²) in [5, 5.41) is 8.98. The molecular formula is C18H40NO+. The molecule has 0 heterocycles. The maximum Gasteiger partial charge on any atom is 0.102 e. The van der Waals surface area contributed by atoms with Crippen molar-refractivity contribution in [2.75, 3.05) is 33.8 Å². The van der Waals surface area contributed by atoms with Crippen LogP contribution in [-0.4, -0.2) is 43.4 Å². The van der Waals surface area contributed by atoms with Crippen LogP contribution in [-0.2, 0) is 0 Å². The lowest BCUT2D eigenvalue weighted by Gasteiger charge is -2.28. The molecule has 0 unspecified atom stereocenters. The van der Waals surface area contributed by atoms with E-state index in [0.717, 1.165) is 11.0 Å². The Morgan fingerprint density at radius 2 is 1.00 bits per heavy atom. The molecule has 0 saturated carbocycles. The van der Waals surface area contributed by atoms with Gasteiger partial charge in [-0.1, -0.05) is 71.1 Å². The zero-order chi connectivity index (χ0) is 15.1. The van der Waals surface area contributed by atoms with Crippen LogP contribution in [0.25, 0.3) is 0 Å². The molecule has 0 saturated heterocycles. The zero-order valence-electron chi connectivity index (χ0n) is 14.5. The van der Waals surface area contributed by atoms with Crippen molar-refractivity contribution >= 4 is 0 Å². The molecule has 2 nitrogen and oxygen atoms in total. The van der Waals surface area contributed by atoms with Gasteiger partial charge in [-0.3, -0.25) is 0 Å². The summed E-state index contributed by atoms with van der Waals surface area (Å²) in [6.07, 6.45) is 16.9. The molecule has 0 rings (SSSR count). The first-order valence-corrected chi connectivity index (χ1v) is 9.05. The van der Waals surface area contributed by atoms with E-state index in [4.69, 9.17) is 5.11 Å². The maximum atomic E-state index is 8.98. The Hall–Kier alpha value is -0.0800. The maximum absolute atomic E-state index is 8.98. The van der Waals surface area contributed by atoms with Crippen LogP contribution in [0.4, 0.5) is 0 Å². The van der Waals surface area contributed by atoms with E-state index in [1.54, 1.807) is 0 Å². The van der Waals surface area contributed by atoms with Crippen LogP contribution in [0, 0.1) is 0 Å². The van der Waals surface area contributed by atoms with Crippen molar-refractivity contribution in [1.82, 2.24) is 0 Å². The lowest BCUT2D eigenvalue weighted by Crippen LogP contribution is -2.42. The van der Waals surface area contributed by atoms with E-state index < -0.39 is 0 Å². The Morgan fingerprint density at radius 3 is 1.40 bits per heavy atom. The van der Waals surface area contributed by atoms with Gasteiger partial charge in [0, 0.05) is 0 Å². The van der Waals surface area contributed by atoms with E-state index in [1.807, 2.05) is 0 Å². The van der Waals surface area contributed by atoms with Gasteiger partial charge in [0.15, 0.2) is 0 Å². The summed E-state index contributed by atoms with van der Waals surface area (Å²) in [4.78, 5) is 0. The minimum Gasteiger partial charge on any atom is -0.391 e. The number of quaternary nitrogens is 1. The molecule has 1 N–H and O–H groups in total. The number of rotatable bonds is 15. The fourth-order valence-electron chi connectivity index (χ4n) is 2.76. The van der Waals surface area contributed by atoms with Crippen molar-refractivity contribution < 1.29 is 9.59 Å². The zero-order valence-corrected chi connectivity index (χ0v) is 14.5. The molecule has 0 aromatic carbocycles. The Balaban J connectivity index is 3.13. The van der Waals surface area contributed by atoms with Crippen LogP contribution >= 0.6 is 0 Å². The monoisotopic (exact) mass is 286 g/mol. The van der Waals surface area contributed by atoms with Gasteiger partial charge >= 0.3 is 0 Å². The number of nitrogens with zero attached hydrogens (tertiary/aromatic N) is 1. The molecule has 0 atom stereocenters. The molecule has 20 heavy (non-hydrogen) atoms. The predicted octanol–water partition coefficient (Wildman–Crippen LogP) is 4.76. The highest BCUT2D eigenvalue weighted by atomic mass is 16.3. The molecule has 0 aromatic rings. The largest absolute Gasteiger partial charge is 0.391 e. The fraction of sp³-hybridized carbons (Fsp3) is 1.00. The molecule has 0 radical (unpaired) electrons. The molecule has 0 spiro atoms. The normalized spacial score (nSPS) is 12.0. The summed E-state index contributed by atoms with van der Waals surface area (Å²) in [5.41, 5.74) is 0. The number of likely N-dealkylation sites (N-methyl/N-ethyl adjacent to an activating group) is 1. The van der Waals surface area contributed by atoms with E-state index in [1.165, 1.54) is 83.6 Å². The summed E-state index contributed by atoms with van der Waals surface area (Å²) < 4.78 is 0.967. The summed E-state index contributed by atoms with van der Waals surface area (Å²) in [5.74, 6) is 0. The van der Waals surface area contributed by atoms with Crippen molar-refractivity contribution in [1.29, 1.82) is 0 Å². The standard InChI is InChI=1S/C18H40NO/c1-4-5-6-7-8-9-10-11-12-13-14-15-16-19(2,3)17-18-20/h20H,4-18H2,1-3H3/q+1. The SMILES string of the molecule is CCCCCCCCCCCCCC[N+](C)(C)CCO. The second kappa shape index (κ2) is 13.9. The Morgan fingerprint density at radius 1 is 0.600 bits per heavy atom. The third-order valence-electron chi connectivity index (χ3n) is 4.32. The quantitative estimate of drug-likeness (QED) is 0.340. The number of aliphatic hydroxyl groups excluding tert-OH is 1. The van der Waals surface area contributed by atoms with Gasteiger partial charge in [0.2, 0.25) is 0 Å². The topological polar surface area (TPSA) is 20.2 Å². The van der Waals surface area contributed by atoms with Gasteiger partial charge in [0.25, 0.3) is 0 Å². The summed E-state index contributed by atoms with van der Waals surface area (Å²) in [6, 6.07) is 0. The molecule has 0 bridgehead atoms. The molecule has 0 aromatic heterocycles. The highest BCUT2D eigenvalue weighted by Crippen LogP contribution is 2.12. The van der Waals surface area contributed by atoms with Crippen molar-refractivity contribution in [2.24, 2.45) is 0 Å². The third kappa shape index (κ3) is 14.3. The molecule has 0 aliphatic carbocycles. The van der Waals surface area contributed by atoms with Gasteiger partial charge in [-0.15, -0.1) is 0 Å². The van der Waals surface area contributed by atoms with Crippen molar-refractivity contribution in [3.8, 4) is 0 Å². The highest BCUT2D eigenvalue weighted by Gasteiger charge is 2.12. The molecular weight excluding hydrogens is 246 g/mol. The van der Waals surface area contributed by atoms with Crippen molar-refractivity contribution in [3.63, 3.8) is 0 Å². The average Bonchev–Trinajstić information content (AvgIpc) is 2.40. The van der Waals surface area contributed by atoms with E-state index in [2.05, 4.69) is 21.0 Å². The predicted molar refractivity (Wildman–Crippen MR) is 90.0 cm³/mol. The van der Waals surface area contributed by atoms with Gasteiger partial charge in [-0.25, -0.2) is 0 Å². The Bertz CT molecular complexity index is 192. The minimum atomic E-state index is 0.311. The highest BCUT2D eigenvalue weighted by molar-refractivity contribution is 4.48. The Kier molecular flexibility index (Phi) is 13.8. The van der Waals surface area contributed by atoms with Crippen molar-refractivity contribution in [2.45, 2.75) is 84.0 Å². The van der Waals surface area contributed by atoms with Crippen LogP contribution in [0.3, 0.4) is 0 Å². The lowest BCUT2D eigenvalue weighted by atomic mass is 10.1. The lowest BCUT2D eigenvalue weighted by molar-refractivity contribution is -0.890. The summed E-state index contributed by atoms with van der Waals surface area (Å²) in [6.45, 7) is 4.69. The van der Waals surface area contributed by atoms with Crippen LogP contribution in [0.1, 0.15) is 84.0 Å². The summed E-state index contributed by atoms with van der Waals surface area (Å²) >= 11 is 0. The fourth-order valence-corrected chi connectivity index (χ4v) is 2.76. The van der Waals surface area contributed by atoms with Crippen molar-refractivity contribution in [3.05, 3.63) is 0 Å². The third-order valence-corrected chi connectivity index (χ3v) is 4.32. The van der Waals surface area contributed by atoms with Crippen LogP contribution in [0.15, 0.2) is 0 Å². The van der Waals surface area contributed by atoms with E-state index in [9.17, 15) is 0 Å². The average molecular weight is 287 g/mol. The van der Waals surface area contributed by atoms with Crippen LogP contribution < -0.4 is 0 Å². The molecule has 122 valence electrons. The van der Waals surface area contributed by atoms with E-state index in [0.29, 0.717) is 6.61 Å². The second-order valence-corrected chi connectivity index (χ2v) is 7.00.